The number of nitrogens with zero attached hydrogens (tertiary/aromatic N) is 2. The van der Waals surface area contributed by atoms with E-state index in [1.54, 1.807) is 6.07 Å². The number of methoxy groups -OCH3 is 1. The second-order valence-electron chi connectivity index (χ2n) is 8.02. The van der Waals surface area contributed by atoms with Crippen molar-refractivity contribution in [3.63, 3.8) is 0 Å². The van der Waals surface area contributed by atoms with Gasteiger partial charge in [0.15, 0.2) is 0 Å². The molecule has 0 aliphatic rings. The first-order chi connectivity index (χ1) is 16.5. The van der Waals surface area contributed by atoms with E-state index in [0.29, 0.717) is 12.3 Å². The third kappa shape index (κ3) is 7.83. The zero-order valence-electron chi connectivity index (χ0n) is 20.3. The molecule has 0 unspecified atom stereocenters. The molecule has 0 aliphatic heterocycles. The Morgan fingerprint density at radius 2 is 1.89 bits per heavy atom. The average molecular weight is 528 g/mol. The number of sulfonamides is 1. The fraction of sp³-hybridized carbons (Fsp3) is 0.417. The van der Waals surface area contributed by atoms with Gasteiger partial charge in [0.2, 0.25) is 21.8 Å². The Hall–Kier alpha value is -2.85. The van der Waals surface area contributed by atoms with Crippen LogP contribution in [-0.4, -0.2) is 57.6 Å². The Balaban J connectivity index is 2.39. The van der Waals surface area contributed by atoms with Crippen LogP contribution in [0, 0.1) is 5.82 Å². The number of rotatable bonds is 12. The number of ether oxygens (including phenoxy) is 1. The maximum atomic E-state index is 14.4. The van der Waals surface area contributed by atoms with E-state index in [1.165, 1.54) is 55.3 Å². The fourth-order valence-corrected chi connectivity index (χ4v) is 4.45. The molecule has 2 rings (SSSR count). The molecular formula is C24H31ClFN3O5S. The molecule has 2 aromatic carbocycles. The van der Waals surface area contributed by atoms with E-state index in [9.17, 15) is 22.4 Å². The van der Waals surface area contributed by atoms with Crippen LogP contribution in [0.4, 0.5) is 10.1 Å². The molecule has 2 aromatic rings. The van der Waals surface area contributed by atoms with Gasteiger partial charge in [-0.1, -0.05) is 43.1 Å². The Kier molecular flexibility index (Phi) is 10.3. The molecular weight excluding hydrogens is 497 g/mol. The average Bonchev–Trinajstić information content (AvgIpc) is 2.80. The molecule has 1 atom stereocenters. The van der Waals surface area contributed by atoms with Crippen LogP contribution in [0.15, 0.2) is 42.5 Å². The van der Waals surface area contributed by atoms with Crippen LogP contribution in [0.3, 0.4) is 0 Å². The second-order valence-corrected chi connectivity index (χ2v) is 10.3. The summed E-state index contributed by atoms with van der Waals surface area (Å²) in [6.07, 6.45) is 2.60. The minimum atomic E-state index is -3.92. The minimum absolute atomic E-state index is 0.151. The molecule has 0 aliphatic carbocycles. The van der Waals surface area contributed by atoms with Crippen molar-refractivity contribution >= 4 is 39.1 Å². The number of anilines is 1. The third-order valence-corrected chi connectivity index (χ3v) is 6.83. The van der Waals surface area contributed by atoms with Gasteiger partial charge in [0.1, 0.15) is 24.2 Å². The molecule has 0 bridgehead atoms. The smallest absolute Gasteiger partial charge is 0.244 e. The standard InChI is InChI=1S/C24H31ClFN3O5S/c1-5-6-13-27-24(31)17(2)28(15-18-9-7-8-10-21(18)26)23(30)16-29(35(4,32)33)19-11-12-22(34-3)20(25)14-19/h7-12,14,17H,5-6,13,15-16H2,1-4H3,(H,27,31)/t17-/m0/s1. The Morgan fingerprint density at radius 3 is 2.46 bits per heavy atom. The van der Waals surface area contributed by atoms with Crippen molar-refractivity contribution in [2.75, 3.05) is 30.8 Å². The van der Waals surface area contributed by atoms with Crippen molar-refractivity contribution in [3.8, 4) is 5.75 Å². The van der Waals surface area contributed by atoms with Crippen molar-refractivity contribution in [2.24, 2.45) is 0 Å². The Morgan fingerprint density at radius 1 is 1.20 bits per heavy atom. The van der Waals surface area contributed by atoms with Crippen molar-refractivity contribution in [2.45, 2.75) is 39.3 Å². The summed E-state index contributed by atoms with van der Waals surface area (Å²) in [6, 6.07) is 9.25. The van der Waals surface area contributed by atoms with Crippen molar-refractivity contribution in [1.82, 2.24) is 10.2 Å². The van der Waals surface area contributed by atoms with Gasteiger partial charge in [-0.2, -0.15) is 0 Å². The molecule has 35 heavy (non-hydrogen) atoms. The van der Waals surface area contributed by atoms with Crippen LogP contribution in [0.1, 0.15) is 32.3 Å². The number of nitrogens with one attached hydrogen (secondary N) is 1. The van der Waals surface area contributed by atoms with E-state index in [0.717, 1.165) is 23.4 Å². The van der Waals surface area contributed by atoms with Gasteiger partial charge in [-0.25, -0.2) is 12.8 Å². The molecule has 0 fully saturated rings. The zero-order valence-corrected chi connectivity index (χ0v) is 21.8. The third-order valence-electron chi connectivity index (χ3n) is 5.40. The van der Waals surface area contributed by atoms with Gasteiger partial charge in [0, 0.05) is 18.7 Å². The van der Waals surface area contributed by atoms with Crippen LogP contribution in [0.5, 0.6) is 5.75 Å². The second kappa shape index (κ2) is 12.7. The summed E-state index contributed by atoms with van der Waals surface area (Å²) in [5, 5.41) is 2.93. The van der Waals surface area contributed by atoms with E-state index in [1.807, 2.05) is 6.92 Å². The molecule has 0 aromatic heterocycles. The monoisotopic (exact) mass is 527 g/mol. The highest BCUT2D eigenvalue weighted by atomic mass is 35.5. The van der Waals surface area contributed by atoms with Gasteiger partial charge in [0.25, 0.3) is 0 Å². The topological polar surface area (TPSA) is 96.0 Å². The number of benzene rings is 2. The maximum Gasteiger partial charge on any atom is 0.244 e. The molecule has 1 N–H and O–H groups in total. The number of unbranched alkanes of at least 4 members (excludes halogenated alkanes) is 1. The molecule has 0 radical (unpaired) electrons. The summed E-state index contributed by atoms with van der Waals surface area (Å²) in [5.41, 5.74) is 0.352. The summed E-state index contributed by atoms with van der Waals surface area (Å²) in [6.45, 7) is 3.11. The minimum Gasteiger partial charge on any atom is -0.495 e. The molecule has 8 nitrogen and oxygen atoms in total. The van der Waals surface area contributed by atoms with E-state index in [4.69, 9.17) is 16.3 Å². The number of hydrogen-bond acceptors (Lipinski definition) is 5. The molecule has 0 saturated heterocycles. The van der Waals surface area contributed by atoms with E-state index in [-0.39, 0.29) is 22.8 Å². The summed E-state index contributed by atoms with van der Waals surface area (Å²) in [4.78, 5) is 27.3. The zero-order chi connectivity index (χ0) is 26.2. The van der Waals surface area contributed by atoms with Crippen LogP contribution in [-0.2, 0) is 26.2 Å². The highest BCUT2D eigenvalue weighted by Gasteiger charge is 2.30. The summed E-state index contributed by atoms with van der Waals surface area (Å²) >= 11 is 6.16. The summed E-state index contributed by atoms with van der Waals surface area (Å²) < 4.78 is 45.6. The van der Waals surface area contributed by atoms with E-state index >= 15 is 0 Å². The Bertz CT molecular complexity index is 1150. The van der Waals surface area contributed by atoms with Crippen LogP contribution in [0.2, 0.25) is 5.02 Å². The predicted molar refractivity (Wildman–Crippen MR) is 135 cm³/mol. The lowest BCUT2D eigenvalue weighted by atomic mass is 10.1. The van der Waals surface area contributed by atoms with Crippen molar-refractivity contribution < 1.29 is 27.1 Å². The lowest BCUT2D eigenvalue weighted by Gasteiger charge is -2.31. The summed E-state index contributed by atoms with van der Waals surface area (Å²) in [5.74, 6) is -1.29. The van der Waals surface area contributed by atoms with Crippen LogP contribution in [0.25, 0.3) is 0 Å². The number of carbonyl (C=O) groups is 2. The SMILES string of the molecule is CCCCNC(=O)[C@H](C)N(Cc1ccccc1F)C(=O)CN(c1ccc(OC)c(Cl)c1)S(C)(=O)=O. The molecule has 0 spiro atoms. The molecule has 0 heterocycles. The first kappa shape index (κ1) is 28.4. The summed E-state index contributed by atoms with van der Waals surface area (Å²) in [7, 11) is -2.49. The highest BCUT2D eigenvalue weighted by Crippen LogP contribution is 2.30. The van der Waals surface area contributed by atoms with Gasteiger partial charge >= 0.3 is 0 Å². The van der Waals surface area contributed by atoms with Crippen molar-refractivity contribution in [1.29, 1.82) is 0 Å². The van der Waals surface area contributed by atoms with Crippen LogP contribution >= 0.6 is 11.6 Å². The van der Waals surface area contributed by atoms with Gasteiger partial charge in [-0.05, 0) is 37.6 Å². The normalized spacial score (nSPS) is 12.1. The van der Waals surface area contributed by atoms with Gasteiger partial charge in [-0.3, -0.25) is 13.9 Å². The maximum absolute atomic E-state index is 14.4. The number of halogens is 2. The van der Waals surface area contributed by atoms with Gasteiger partial charge in [0.05, 0.1) is 24.1 Å². The molecule has 0 saturated carbocycles. The molecule has 192 valence electrons. The van der Waals surface area contributed by atoms with Gasteiger partial charge < -0.3 is 15.0 Å². The predicted octanol–water partition coefficient (Wildman–Crippen LogP) is 3.59. The molecule has 11 heteroatoms. The lowest BCUT2D eigenvalue weighted by Crippen LogP contribution is -2.51. The van der Waals surface area contributed by atoms with E-state index in [2.05, 4.69) is 5.32 Å². The Labute approximate surface area is 211 Å². The number of amides is 2. The largest absolute Gasteiger partial charge is 0.495 e. The quantitative estimate of drug-likeness (QED) is 0.426. The highest BCUT2D eigenvalue weighted by molar-refractivity contribution is 7.92. The van der Waals surface area contributed by atoms with Gasteiger partial charge in [-0.15, -0.1) is 0 Å². The molecule has 2 amide bonds. The number of carbonyl (C=O) groups excluding carboxylic acids is 2. The first-order valence-corrected chi connectivity index (χ1v) is 13.3. The van der Waals surface area contributed by atoms with E-state index < -0.39 is 40.2 Å². The number of hydrogen-bond donors (Lipinski definition) is 1. The van der Waals surface area contributed by atoms with Crippen molar-refractivity contribution in [3.05, 3.63) is 58.9 Å². The lowest BCUT2D eigenvalue weighted by molar-refractivity contribution is -0.139. The fourth-order valence-electron chi connectivity index (χ4n) is 3.35. The van der Waals surface area contributed by atoms with Crippen LogP contribution < -0.4 is 14.4 Å². The first-order valence-electron chi connectivity index (χ1n) is 11.1.